The number of hydrogen-bond donors (Lipinski definition) is 2. The zero-order valence-corrected chi connectivity index (χ0v) is 13.5. The maximum Gasteiger partial charge on any atom is 0.208 e. The smallest absolute Gasteiger partial charge is 0.208 e. The van der Waals surface area contributed by atoms with E-state index in [0.29, 0.717) is 0 Å². The quantitative estimate of drug-likeness (QED) is 0.764. The van der Waals surface area contributed by atoms with Crippen LogP contribution in [0, 0.1) is 6.92 Å². The summed E-state index contributed by atoms with van der Waals surface area (Å²) in [6.07, 6.45) is 0. The molecule has 0 aliphatic heterocycles. The number of thioether (sulfide) groups is 1. The van der Waals surface area contributed by atoms with Gasteiger partial charge in [0.15, 0.2) is 0 Å². The molecule has 1 aromatic carbocycles. The van der Waals surface area contributed by atoms with Crippen LogP contribution in [0.1, 0.15) is 17.4 Å². The number of benzene rings is 1. The first kappa shape index (κ1) is 15.7. The van der Waals surface area contributed by atoms with Gasteiger partial charge in [-0.15, -0.1) is 5.10 Å². The Bertz CT molecular complexity index is 588. The van der Waals surface area contributed by atoms with E-state index in [-0.39, 0.29) is 6.04 Å². The molecule has 0 saturated carbocycles. The third-order valence-electron chi connectivity index (χ3n) is 3.12. The number of H-pyrrole nitrogens is 1. The lowest BCUT2D eigenvalue weighted by molar-refractivity contribution is 0.394. The molecule has 0 aliphatic carbocycles. The van der Waals surface area contributed by atoms with Gasteiger partial charge in [-0.25, -0.2) is 4.98 Å². The zero-order valence-electron chi connectivity index (χ0n) is 12.6. The molecule has 2 N–H and O–H groups in total. The molecule has 1 unspecified atom stereocenters. The Morgan fingerprint density at radius 3 is 2.71 bits per heavy atom. The summed E-state index contributed by atoms with van der Waals surface area (Å²) < 4.78 is 10.7. The summed E-state index contributed by atoms with van der Waals surface area (Å²) >= 11 is 1.59. The second-order valence-corrected chi connectivity index (χ2v) is 5.45. The predicted octanol–water partition coefficient (Wildman–Crippen LogP) is 2.18. The number of nitrogens with zero attached hydrogens (tertiary/aromatic N) is 2. The van der Waals surface area contributed by atoms with Crippen LogP contribution in [0.15, 0.2) is 23.4 Å². The van der Waals surface area contributed by atoms with Crippen LogP contribution < -0.4 is 14.8 Å². The SMILES string of the molecule is CNC(CSc1n[nH]c(C)n1)c1cc(OC)ccc1OC. The van der Waals surface area contributed by atoms with Gasteiger partial charge in [-0.05, 0) is 32.2 Å². The van der Waals surface area contributed by atoms with Crippen molar-refractivity contribution in [1.29, 1.82) is 0 Å². The molecule has 7 heteroatoms. The van der Waals surface area contributed by atoms with E-state index in [0.717, 1.165) is 33.8 Å². The minimum absolute atomic E-state index is 0.110. The summed E-state index contributed by atoms with van der Waals surface area (Å²) in [7, 11) is 5.25. The monoisotopic (exact) mass is 308 g/mol. The summed E-state index contributed by atoms with van der Waals surface area (Å²) in [6.45, 7) is 1.89. The van der Waals surface area contributed by atoms with Gasteiger partial charge < -0.3 is 14.8 Å². The van der Waals surface area contributed by atoms with Crippen LogP contribution in [-0.4, -0.2) is 42.2 Å². The lowest BCUT2D eigenvalue weighted by atomic mass is 10.1. The molecule has 0 bridgehead atoms. The Kier molecular flexibility index (Phi) is 5.46. The lowest BCUT2D eigenvalue weighted by Gasteiger charge is -2.19. The molecule has 1 aromatic heterocycles. The van der Waals surface area contributed by atoms with E-state index in [1.807, 2.05) is 32.2 Å². The van der Waals surface area contributed by atoms with Gasteiger partial charge in [0, 0.05) is 17.4 Å². The molecular formula is C14H20N4O2S. The van der Waals surface area contributed by atoms with Crippen molar-refractivity contribution >= 4 is 11.8 Å². The topological polar surface area (TPSA) is 72.1 Å². The Labute approximate surface area is 128 Å². The Morgan fingerprint density at radius 2 is 2.14 bits per heavy atom. The molecule has 0 spiro atoms. The van der Waals surface area contributed by atoms with E-state index >= 15 is 0 Å². The molecule has 2 aromatic rings. The Balaban J connectivity index is 2.15. The van der Waals surface area contributed by atoms with Crippen LogP contribution in [-0.2, 0) is 0 Å². The van der Waals surface area contributed by atoms with Gasteiger partial charge in [0.2, 0.25) is 5.16 Å². The molecule has 0 aliphatic rings. The fraction of sp³-hybridized carbons (Fsp3) is 0.429. The standard InChI is InChI=1S/C14H20N4O2S/c1-9-16-14(18-17-9)21-8-12(15-2)11-7-10(19-3)5-6-13(11)20-4/h5-7,12,15H,8H2,1-4H3,(H,16,17,18). The minimum atomic E-state index is 0.110. The fourth-order valence-electron chi connectivity index (χ4n) is 1.98. The molecule has 0 fully saturated rings. The van der Waals surface area contributed by atoms with Crippen LogP contribution in [0.5, 0.6) is 11.5 Å². The van der Waals surface area contributed by atoms with Gasteiger partial charge >= 0.3 is 0 Å². The summed E-state index contributed by atoms with van der Waals surface area (Å²) in [4.78, 5) is 4.30. The third-order valence-corrected chi connectivity index (χ3v) is 4.06. The van der Waals surface area contributed by atoms with E-state index in [1.165, 1.54) is 0 Å². The van der Waals surface area contributed by atoms with Crippen molar-refractivity contribution in [1.82, 2.24) is 20.5 Å². The Morgan fingerprint density at radius 1 is 1.33 bits per heavy atom. The number of hydrogen-bond acceptors (Lipinski definition) is 6. The second kappa shape index (κ2) is 7.33. The molecule has 1 atom stereocenters. The van der Waals surface area contributed by atoms with Gasteiger partial charge in [-0.3, -0.25) is 5.10 Å². The summed E-state index contributed by atoms with van der Waals surface area (Å²) in [5.74, 6) is 3.25. The van der Waals surface area contributed by atoms with Crippen molar-refractivity contribution < 1.29 is 9.47 Å². The van der Waals surface area contributed by atoms with Crippen LogP contribution in [0.3, 0.4) is 0 Å². The molecule has 0 saturated heterocycles. The average Bonchev–Trinajstić information content (AvgIpc) is 2.93. The van der Waals surface area contributed by atoms with Crippen molar-refractivity contribution in [3.8, 4) is 11.5 Å². The largest absolute Gasteiger partial charge is 0.497 e. The molecule has 114 valence electrons. The maximum absolute atomic E-state index is 5.44. The summed E-state index contributed by atoms with van der Waals surface area (Å²) in [6, 6.07) is 5.91. The van der Waals surface area contributed by atoms with Gasteiger partial charge in [0.05, 0.1) is 14.2 Å². The van der Waals surface area contributed by atoms with E-state index < -0.39 is 0 Å². The normalized spacial score (nSPS) is 12.2. The molecule has 21 heavy (non-hydrogen) atoms. The molecule has 2 rings (SSSR count). The van der Waals surface area contributed by atoms with Crippen molar-refractivity contribution in [3.05, 3.63) is 29.6 Å². The highest BCUT2D eigenvalue weighted by Crippen LogP contribution is 2.32. The first-order valence-electron chi connectivity index (χ1n) is 6.59. The lowest BCUT2D eigenvalue weighted by Crippen LogP contribution is -2.19. The van der Waals surface area contributed by atoms with E-state index in [2.05, 4.69) is 20.5 Å². The highest BCUT2D eigenvalue weighted by molar-refractivity contribution is 7.99. The van der Waals surface area contributed by atoms with E-state index in [9.17, 15) is 0 Å². The Hall–Kier alpha value is -1.73. The molecule has 1 heterocycles. The number of aromatic nitrogens is 3. The number of aromatic amines is 1. The summed E-state index contributed by atoms with van der Waals surface area (Å²) in [5, 5.41) is 11.0. The van der Waals surface area contributed by atoms with Gasteiger partial charge in [0.25, 0.3) is 0 Å². The number of nitrogens with one attached hydrogen (secondary N) is 2. The zero-order chi connectivity index (χ0) is 15.2. The number of methoxy groups -OCH3 is 2. The van der Waals surface area contributed by atoms with Crippen LogP contribution in [0.25, 0.3) is 0 Å². The highest BCUT2D eigenvalue weighted by atomic mass is 32.2. The first-order valence-corrected chi connectivity index (χ1v) is 7.57. The molecular weight excluding hydrogens is 288 g/mol. The summed E-state index contributed by atoms with van der Waals surface area (Å²) in [5.41, 5.74) is 1.05. The molecule has 0 radical (unpaired) electrons. The first-order chi connectivity index (χ1) is 10.2. The van der Waals surface area contributed by atoms with Crippen molar-refractivity contribution in [2.75, 3.05) is 27.0 Å². The van der Waals surface area contributed by atoms with E-state index in [1.54, 1.807) is 26.0 Å². The average molecular weight is 308 g/mol. The number of aryl methyl sites for hydroxylation is 1. The number of rotatable bonds is 7. The van der Waals surface area contributed by atoms with Gasteiger partial charge in [0.1, 0.15) is 17.3 Å². The third kappa shape index (κ3) is 3.89. The molecule has 0 amide bonds. The fourth-order valence-corrected chi connectivity index (χ4v) is 2.96. The van der Waals surface area contributed by atoms with Crippen molar-refractivity contribution in [2.24, 2.45) is 0 Å². The molecule has 6 nitrogen and oxygen atoms in total. The second-order valence-electron chi connectivity index (χ2n) is 4.46. The van der Waals surface area contributed by atoms with Crippen LogP contribution >= 0.6 is 11.8 Å². The van der Waals surface area contributed by atoms with Crippen molar-refractivity contribution in [2.45, 2.75) is 18.1 Å². The maximum atomic E-state index is 5.44. The van der Waals surface area contributed by atoms with E-state index in [4.69, 9.17) is 9.47 Å². The number of ether oxygens (including phenoxy) is 2. The van der Waals surface area contributed by atoms with Crippen molar-refractivity contribution in [3.63, 3.8) is 0 Å². The minimum Gasteiger partial charge on any atom is -0.497 e. The van der Waals surface area contributed by atoms with Crippen LogP contribution in [0.4, 0.5) is 0 Å². The highest BCUT2D eigenvalue weighted by Gasteiger charge is 2.17. The van der Waals surface area contributed by atoms with Gasteiger partial charge in [-0.1, -0.05) is 11.8 Å². The van der Waals surface area contributed by atoms with Gasteiger partial charge in [-0.2, -0.15) is 0 Å². The van der Waals surface area contributed by atoms with Crippen LogP contribution in [0.2, 0.25) is 0 Å². The predicted molar refractivity (Wildman–Crippen MR) is 83.2 cm³/mol.